The third kappa shape index (κ3) is 10.3. The molecular formula is C30H45Cl2N5O2S. The molecule has 10 heteroatoms. The molecule has 40 heavy (non-hydrogen) atoms. The quantitative estimate of drug-likeness (QED) is 0.155. The fourth-order valence-electron chi connectivity index (χ4n) is 6.03. The number of benzene rings is 1. The normalized spacial score (nSPS) is 20.7. The van der Waals surface area contributed by atoms with Crippen molar-refractivity contribution in [3.8, 4) is 0 Å². The van der Waals surface area contributed by atoms with Gasteiger partial charge in [0.25, 0.3) is 0 Å². The Morgan fingerprint density at radius 2 is 1.82 bits per heavy atom. The van der Waals surface area contributed by atoms with E-state index >= 15 is 0 Å². The number of aliphatic imine (C=N–C) groups is 1. The van der Waals surface area contributed by atoms with E-state index in [0.717, 1.165) is 55.0 Å². The number of hydrogen-bond donors (Lipinski definition) is 2. The number of piperazine rings is 1. The molecule has 1 aliphatic heterocycles. The Labute approximate surface area is 254 Å². The van der Waals surface area contributed by atoms with Crippen LogP contribution in [0.2, 0.25) is 10.0 Å². The lowest BCUT2D eigenvalue weighted by molar-refractivity contribution is -0.148. The van der Waals surface area contributed by atoms with E-state index in [1.165, 1.54) is 19.3 Å². The van der Waals surface area contributed by atoms with Gasteiger partial charge in [-0.1, -0.05) is 62.4 Å². The van der Waals surface area contributed by atoms with Gasteiger partial charge in [0.2, 0.25) is 11.8 Å². The molecule has 3 rings (SSSR count). The summed E-state index contributed by atoms with van der Waals surface area (Å²) in [6.45, 7) is 6.00. The first-order valence-corrected chi connectivity index (χ1v) is 16.3. The first-order chi connectivity index (χ1) is 19.2. The standard InChI is InChI=1S/C30H45Cl2N5O2S/c1-21(2)15-26-19-36(28(38)13-11-23-10-12-24(31)17-27(23)32)25(9-6-14-35-30(34)40-20-33)18-37(26)29(39)16-22-7-4-3-5-8-22/h10,12,17,20-22,25-26,33H,3-9,11,13-16,18-19H2,1-2H3,(H2,34,35)/t25?,26-/m1/s1. The number of nitrogens with two attached hydrogens (primary N) is 1. The molecule has 2 fully saturated rings. The smallest absolute Gasteiger partial charge is 0.223 e. The van der Waals surface area contributed by atoms with E-state index in [9.17, 15) is 9.59 Å². The monoisotopic (exact) mass is 609 g/mol. The van der Waals surface area contributed by atoms with Crippen molar-refractivity contribution in [3.63, 3.8) is 0 Å². The van der Waals surface area contributed by atoms with Crippen LogP contribution in [-0.2, 0) is 16.0 Å². The molecule has 1 saturated carbocycles. The first-order valence-electron chi connectivity index (χ1n) is 14.7. The lowest BCUT2D eigenvalue weighted by atomic mass is 9.86. The molecule has 2 atom stereocenters. The number of rotatable bonds is 12. The summed E-state index contributed by atoms with van der Waals surface area (Å²) in [4.78, 5) is 35.8. The minimum absolute atomic E-state index is 0.0214. The summed E-state index contributed by atoms with van der Waals surface area (Å²) in [6.07, 6.45) is 9.86. The van der Waals surface area contributed by atoms with E-state index in [-0.39, 0.29) is 23.9 Å². The zero-order chi connectivity index (χ0) is 29.1. The van der Waals surface area contributed by atoms with Gasteiger partial charge >= 0.3 is 0 Å². The molecule has 1 aliphatic carbocycles. The topological polar surface area (TPSA) is 103 Å². The average Bonchev–Trinajstić information content (AvgIpc) is 2.91. The van der Waals surface area contributed by atoms with Crippen LogP contribution >= 0.6 is 35.0 Å². The number of thioether (sulfide) groups is 1. The SMILES string of the molecule is CC(C)C[C@@H]1CN(C(=O)CCc2ccc(Cl)cc2Cl)C(CCCN=C(N)SC=N)CN1C(=O)CC1CCCCC1. The highest BCUT2D eigenvalue weighted by molar-refractivity contribution is 8.24. The number of carbonyl (C=O) groups excluding carboxylic acids is 2. The van der Waals surface area contributed by atoms with Gasteiger partial charge in [-0.3, -0.25) is 14.6 Å². The zero-order valence-corrected chi connectivity index (χ0v) is 26.2. The van der Waals surface area contributed by atoms with E-state index in [4.69, 9.17) is 34.3 Å². The van der Waals surface area contributed by atoms with Gasteiger partial charge in [0.1, 0.15) is 0 Å². The molecule has 2 aliphatic rings. The molecule has 0 radical (unpaired) electrons. The van der Waals surface area contributed by atoms with Crippen LogP contribution < -0.4 is 5.73 Å². The summed E-state index contributed by atoms with van der Waals surface area (Å²) in [5.41, 5.74) is 7.91. The number of carbonyl (C=O) groups is 2. The Balaban J connectivity index is 1.75. The maximum absolute atomic E-state index is 13.7. The Morgan fingerprint density at radius 1 is 1.12 bits per heavy atom. The lowest BCUT2D eigenvalue weighted by Gasteiger charge is -2.47. The summed E-state index contributed by atoms with van der Waals surface area (Å²) in [7, 11) is 0. The van der Waals surface area contributed by atoms with Crippen LogP contribution in [0.1, 0.15) is 83.6 Å². The van der Waals surface area contributed by atoms with Crippen LogP contribution in [0.25, 0.3) is 0 Å². The van der Waals surface area contributed by atoms with Gasteiger partial charge in [0, 0.05) is 54.6 Å². The van der Waals surface area contributed by atoms with Crippen molar-refractivity contribution in [1.29, 1.82) is 5.41 Å². The average molecular weight is 611 g/mol. The van der Waals surface area contributed by atoms with E-state index in [1.807, 2.05) is 11.0 Å². The van der Waals surface area contributed by atoms with Crippen molar-refractivity contribution in [3.05, 3.63) is 33.8 Å². The Bertz CT molecular complexity index is 1030. The van der Waals surface area contributed by atoms with E-state index in [2.05, 4.69) is 23.7 Å². The zero-order valence-electron chi connectivity index (χ0n) is 23.9. The minimum atomic E-state index is -0.0706. The fraction of sp³-hybridized carbons (Fsp3) is 0.667. The molecule has 0 aromatic heterocycles. The summed E-state index contributed by atoms with van der Waals surface area (Å²) < 4.78 is 0. The van der Waals surface area contributed by atoms with Gasteiger partial charge in [-0.25, -0.2) is 0 Å². The van der Waals surface area contributed by atoms with Crippen LogP contribution in [0, 0.1) is 17.2 Å². The third-order valence-corrected chi connectivity index (χ3v) is 9.11. The third-order valence-electron chi connectivity index (χ3n) is 8.03. The van der Waals surface area contributed by atoms with E-state index in [1.54, 1.807) is 12.1 Å². The molecule has 1 unspecified atom stereocenters. The van der Waals surface area contributed by atoms with E-state index in [0.29, 0.717) is 65.9 Å². The highest BCUT2D eigenvalue weighted by Crippen LogP contribution is 2.30. The van der Waals surface area contributed by atoms with Gasteiger partial charge < -0.3 is 20.9 Å². The largest absolute Gasteiger partial charge is 0.378 e. The van der Waals surface area contributed by atoms with Gasteiger partial charge in [0.05, 0.1) is 5.55 Å². The van der Waals surface area contributed by atoms with Crippen LogP contribution in [0.3, 0.4) is 0 Å². The molecule has 0 spiro atoms. The summed E-state index contributed by atoms with van der Waals surface area (Å²) in [5.74, 6) is 1.23. The molecule has 1 saturated heterocycles. The van der Waals surface area contributed by atoms with Gasteiger partial charge in [0.15, 0.2) is 5.17 Å². The number of hydrogen-bond acceptors (Lipinski definition) is 5. The lowest BCUT2D eigenvalue weighted by Crippen LogP contribution is -2.61. The molecule has 7 nitrogen and oxygen atoms in total. The van der Waals surface area contributed by atoms with Crippen LogP contribution in [-0.4, -0.2) is 64.0 Å². The molecule has 0 bridgehead atoms. The molecular weight excluding hydrogens is 565 g/mol. The predicted molar refractivity (Wildman–Crippen MR) is 169 cm³/mol. The number of aryl methyl sites for hydroxylation is 1. The second-order valence-corrected chi connectivity index (χ2v) is 13.3. The molecule has 1 aromatic rings. The maximum atomic E-state index is 13.7. The molecule has 1 heterocycles. The number of amides is 2. The van der Waals surface area contributed by atoms with Crippen LogP contribution in [0.15, 0.2) is 23.2 Å². The molecule has 3 N–H and O–H groups in total. The predicted octanol–water partition coefficient (Wildman–Crippen LogP) is 6.79. The van der Waals surface area contributed by atoms with Gasteiger partial charge in [-0.2, -0.15) is 0 Å². The van der Waals surface area contributed by atoms with Crippen molar-refractivity contribution >= 4 is 57.5 Å². The van der Waals surface area contributed by atoms with Crippen LogP contribution in [0.5, 0.6) is 0 Å². The van der Waals surface area contributed by atoms with Gasteiger partial charge in [-0.15, -0.1) is 0 Å². The van der Waals surface area contributed by atoms with Crippen molar-refractivity contribution < 1.29 is 9.59 Å². The number of halogens is 2. The van der Waals surface area contributed by atoms with E-state index < -0.39 is 0 Å². The highest BCUT2D eigenvalue weighted by Gasteiger charge is 2.38. The second-order valence-electron chi connectivity index (χ2n) is 11.6. The second kappa shape index (κ2) is 16.6. The minimum Gasteiger partial charge on any atom is -0.378 e. The van der Waals surface area contributed by atoms with Crippen molar-refractivity contribution in [2.45, 2.75) is 96.6 Å². The van der Waals surface area contributed by atoms with Crippen molar-refractivity contribution in [1.82, 2.24) is 9.80 Å². The van der Waals surface area contributed by atoms with Gasteiger partial charge in [-0.05, 0) is 79.8 Å². The number of nitrogens with zero attached hydrogens (tertiary/aromatic N) is 3. The number of nitrogens with one attached hydrogen (secondary N) is 1. The van der Waals surface area contributed by atoms with Crippen molar-refractivity contribution in [2.24, 2.45) is 22.6 Å². The maximum Gasteiger partial charge on any atom is 0.223 e. The summed E-state index contributed by atoms with van der Waals surface area (Å²) in [6, 6.07) is 5.35. The molecule has 1 aromatic carbocycles. The summed E-state index contributed by atoms with van der Waals surface area (Å²) >= 11 is 13.5. The Hall–Kier alpha value is -1.77. The Morgan fingerprint density at radius 3 is 2.50 bits per heavy atom. The first kappa shape index (κ1) is 32.7. The number of amidine groups is 1. The molecule has 2 amide bonds. The summed E-state index contributed by atoms with van der Waals surface area (Å²) in [5, 5.41) is 8.70. The Kier molecular flexibility index (Phi) is 13.6. The van der Waals surface area contributed by atoms with Crippen molar-refractivity contribution in [2.75, 3.05) is 19.6 Å². The fourth-order valence-corrected chi connectivity index (χ4v) is 6.82. The van der Waals surface area contributed by atoms with Crippen LogP contribution in [0.4, 0.5) is 0 Å². The molecule has 222 valence electrons. The highest BCUT2D eigenvalue weighted by atomic mass is 35.5.